The lowest BCUT2D eigenvalue weighted by Crippen LogP contribution is -2.42. The molecule has 0 atom stereocenters. The molecule has 19 heteroatoms. The van der Waals surface area contributed by atoms with Crippen molar-refractivity contribution in [1.82, 2.24) is 21.0 Å². The molecule has 274 valence electrons. The van der Waals surface area contributed by atoms with Crippen molar-refractivity contribution in [3.8, 4) is 6.07 Å². The highest BCUT2D eigenvalue weighted by Gasteiger charge is 2.10. The molecule has 16 N–H and O–H groups in total. The van der Waals surface area contributed by atoms with Gasteiger partial charge >= 0.3 is 0 Å². The van der Waals surface area contributed by atoms with Gasteiger partial charge in [0.05, 0.1) is 12.5 Å². The largest absolute Gasteiger partial charge is 0.370 e. The predicted octanol–water partition coefficient (Wildman–Crippen LogP) is 0.438. The number of carbonyl (C=O) groups is 1. The summed E-state index contributed by atoms with van der Waals surface area (Å²) >= 11 is 0. The van der Waals surface area contributed by atoms with Gasteiger partial charge in [0.25, 0.3) is 5.96 Å². The molecule has 48 heavy (non-hydrogen) atoms. The molecule has 0 saturated heterocycles. The standard InChI is InChI=1S/C19H39N9O.C8H12N6.C2H8N2.ClH/c1-4-17(29)28(12-6-9-24-3)13-7-11-26-19(23)27-18(22)25-10-5-8-16(21)14-15(2)20;1-12-14-8(11)13-6-2-3-7(10)4-5-9;3-1-2-4;/h20-21,24H,4-14H2,1-3H3,(H5,22,23,25,26,27);10H,2-4,6H2,(H3,11,13,14);1-4H2;1H. The van der Waals surface area contributed by atoms with Crippen LogP contribution in [0.3, 0.4) is 0 Å². The van der Waals surface area contributed by atoms with E-state index in [1.807, 2.05) is 24.9 Å². The molecule has 18 nitrogen and oxygen atoms in total. The lowest BCUT2D eigenvalue weighted by molar-refractivity contribution is -0.131. The van der Waals surface area contributed by atoms with Gasteiger partial charge in [0.15, 0.2) is 11.9 Å². The van der Waals surface area contributed by atoms with Crippen molar-refractivity contribution in [2.45, 2.75) is 71.6 Å². The maximum atomic E-state index is 12.0. The van der Waals surface area contributed by atoms with Crippen molar-refractivity contribution >= 4 is 53.3 Å². The van der Waals surface area contributed by atoms with E-state index in [0.29, 0.717) is 94.9 Å². The third kappa shape index (κ3) is 37.8. The summed E-state index contributed by atoms with van der Waals surface area (Å²) in [4.78, 5) is 28.9. The predicted molar refractivity (Wildman–Crippen MR) is 200 cm³/mol. The van der Waals surface area contributed by atoms with Crippen LogP contribution in [-0.2, 0) is 4.79 Å². The van der Waals surface area contributed by atoms with E-state index < -0.39 is 0 Å². The monoisotopic (exact) mass is 697 g/mol. The number of amides is 1. The molecule has 0 aromatic heterocycles. The molecule has 0 spiro atoms. The van der Waals surface area contributed by atoms with Crippen molar-refractivity contribution in [3.05, 3.63) is 11.5 Å². The fourth-order valence-corrected chi connectivity index (χ4v) is 3.37. The van der Waals surface area contributed by atoms with Crippen LogP contribution in [0.4, 0.5) is 0 Å². The second-order valence-corrected chi connectivity index (χ2v) is 9.98. The minimum Gasteiger partial charge on any atom is -0.370 e. The van der Waals surface area contributed by atoms with E-state index in [2.05, 4.69) is 36.0 Å². The molecule has 0 aromatic carbocycles. The summed E-state index contributed by atoms with van der Waals surface area (Å²) in [7, 11) is 1.90. The van der Waals surface area contributed by atoms with Crippen molar-refractivity contribution in [2.24, 2.45) is 43.6 Å². The van der Waals surface area contributed by atoms with Gasteiger partial charge in [-0.3, -0.25) is 20.1 Å². The van der Waals surface area contributed by atoms with Gasteiger partial charge in [-0.2, -0.15) is 16.8 Å². The first-order valence-corrected chi connectivity index (χ1v) is 15.6. The Kier molecular flexibility index (Phi) is 39.0. The lowest BCUT2D eigenvalue weighted by Gasteiger charge is -2.21. The summed E-state index contributed by atoms with van der Waals surface area (Å²) in [6.07, 6.45) is 5.22. The molecule has 0 aliphatic heterocycles. The Bertz CT molecular complexity index is 1060. The molecule has 1 amide bonds. The zero-order valence-corrected chi connectivity index (χ0v) is 29.7. The van der Waals surface area contributed by atoms with Crippen molar-refractivity contribution in [2.75, 3.05) is 59.4 Å². The van der Waals surface area contributed by atoms with Crippen LogP contribution in [0.2, 0.25) is 0 Å². The molecular formula is C29H60ClN17O. The summed E-state index contributed by atoms with van der Waals surface area (Å²) in [5.74, 6) is 0.626. The molecule has 0 aliphatic carbocycles. The van der Waals surface area contributed by atoms with Crippen LogP contribution in [0.15, 0.2) is 15.0 Å². The molecule has 0 radical (unpaired) electrons. The normalized spacial score (nSPS) is 10.8. The highest BCUT2D eigenvalue weighted by molar-refractivity contribution is 6.00. The van der Waals surface area contributed by atoms with Crippen LogP contribution in [0.25, 0.3) is 4.95 Å². The second-order valence-electron chi connectivity index (χ2n) is 9.98. The van der Waals surface area contributed by atoms with Gasteiger partial charge in [0.1, 0.15) is 0 Å². The van der Waals surface area contributed by atoms with Crippen LogP contribution in [-0.4, -0.2) is 105 Å². The third-order valence-electron chi connectivity index (χ3n) is 5.58. The molecule has 0 fully saturated rings. The molecule has 0 aromatic rings. The van der Waals surface area contributed by atoms with Gasteiger partial charge in [-0.15, -0.1) is 12.4 Å². The van der Waals surface area contributed by atoms with Gasteiger partial charge in [-0.25, -0.2) is 4.99 Å². The minimum absolute atomic E-state index is 0. The Hall–Kier alpha value is -4.36. The average molecular weight is 698 g/mol. The number of hydrogen-bond donors (Lipinski definition) is 11. The first-order chi connectivity index (χ1) is 22.4. The average Bonchev–Trinajstić information content (AvgIpc) is 3.02. The molecule has 0 aliphatic rings. The van der Waals surface area contributed by atoms with Crippen molar-refractivity contribution in [1.29, 1.82) is 21.5 Å². The maximum absolute atomic E-state index is 12.0. The van der Waals surface area contributed by atoms with Crippen molar-refractivity contribution < 1.29 is 4.79 Å². The highest BCUT2D eigenvalue weighted by atomic mass is 35.5. The molecule has 0 rings (SSSR count). The van der Waals surface area contributed by atoms with Gasteiger partial charge in [-0.05, 0) is 59.0 Å². The molecule has 0 heterocycles. The first kappa shape index (κ1) is 50.5. The molecule has 0 bridgehead atoms. The van der Waals surface area contributed by atoms with Crippen LogP contribution < -0.4 is 44.7 Å². The Morgan fingerprint density at radius 2 is 1.40 bits per heavy atom. The summed E-state index contributed by atoms with van der Waals surface area (Å²) in [6, 6.07) is 1.90. The van der Waals surface area contributed by atoms with Gasteiger partial charge in [-0.1, -0.05) is 12.3 Å². The number of nitrogens with two attached hydrogens (primary N) is 5. The quantitative estimate of drug-likeness (QED) is 0.0258. The Balaban J connectivity index is -0.000000423. The SMILES string of the molecule is CCC(=O)N(CCCN=C(N)NC(N)=NCCCC(=N)CC(C)=N)CCCNC.Cl.NCCN.[C-]#[N+]NC(N)=NCCCC(=N)CC#N. The Labute approximate surface area is 292 Å². The van der Waals surface area contributed by atoms with Crippen molar-refractivity contribution in [3.63, 3.8) is 0 Å². The van der Waals surface area contributed by atoms with E-state index in [1.165, 1.54) is 0 Å². The zero-order valence-electron chi connectivity index (χ0n) is 28.9. The smallest absolute Gasteiger partial charge is 0.259 e. The number of halogens is 1. The van der Waals surface area contributed by atoms with E-state index >= 15 is 0 Å². The van der Waals surface area contributed by atoms with Gasteiger partial charge in [0, 0.05) is 75.8 Å². The molecule has 0 unspecified atom stereocenters. The van der Waals surface area contributed by atoms with Crippen LogP contribution >= 0.6 is 12.4 Å². The fraction of sp³-hybridized carbons (Fsp3) is 0.690. The Morgan fingerprint density at radius 3 is 1.85 bits per heavy atom. The maximum Gasteiger partial charge on any atom is 0.259 e. The summed E-state index contributed by atoms with van der Waals surface area (Å²) in [5.41, 5.74) is 30.3. The fourth-order valence-electron chi connectivity index (χ4n) is 3.37. The zero-order chi connectivity index (χ0) is 36.3. The molecular weight excluding hydrogens is 638 g/mol. The van der Waals surface area contributed by atoms with E-state index in [1.54, 1.807) is 6.92 Å². The number of nitrogens with one attached hydrogen (secondary N) is 6. The van der Waals surface area contributed by atoms with E-state index in [4.69, 9.17) is 56.7 Å². The van der Waals surface area contributed by atoms with Crippen LogP contribution in [0.5, 0.6) is 0 Å². The summed E-state index contributed by atoms with van der Waals surface area (Å²) < 4.78 is 0. The third-order valence-corrected chi connectivity index (χ3v) is 5.58. The molecule has 0 saturated carbocycles. The minimum atomic E-state index is 0. The lowest BCUT2D eigenvalue weighted by atomic mass is 10.1. The van der Waals surface area contributed by atoms with E-state index in [0.717, 1.165) is 25.9 Å². The first-order valence-electron chi connectivity index (χ1n) is 15.6. The van der Waals surface area contributed by atoms with Gasteiger partial charge < -0.3 is 55.1 Å². The number of nitrogens with zero attached hydrogens (tertiary/aromatic N) is 6. The van der Waals surface area contributed by atoms with Crippen LogP contribution in [0, 0.1) is 34.1 Å². The number of hydrogen-bond acceptors (Lipinski definition) is 11. The second kappa shape index (κ2) is 37.1. The van der Waals surface area contributed by atoms with Crippen LogP contribution in [0.1, 0.15) is 71.6 Å². The summed E-state index contributed by atoms with van der Waals surface area (Å²) in [5, 5.41) is 36.5. The topological polar surface area (TPSA) is 323 Å². The van der Waals surface area contributed by atoms with Gasteiger partial charge in [0.2, 0.25) is 5.91 Å². The van der Waals surface area contributed by atoms with E-state index in [9.17, 15) is 4.79 Å². The number of rotatable bonds is 21. The summed E-state index contributed by atoms with van der Waals surface area (Å²) in [6.45, 7) is 14.9. The highest BCUT2D eigenvalue weighted by Crippen LogP contribution is 1.99. The number of guanidine groups is 3. The number of aliphatic imine (C=N–C) groups is 3. The Morgan fingerprint density at radius 1 is 0.896 bits per heavy atom. The van der Waals surface area contributed by atoms with E-state index in [-0.39, 0.29) is 42.6 Å². The number of carbonyl (C=O) groups excluding carboxylic acids is 1. The number of nitriles is 1.